The molecule has 2 rings (SSSR count). The molecule has 0 saturated heterocycles. The Morgan fingerprint density at radius 2 is 1.80 bits per heavy atom. The van der Waals surface area contributed by atoms with Gasteiger partial charge in [0.15, 0.2) is 0 Å². The molecule has 3 nitrogen and oxygen atoms in total. The third-order valence-electron chi connectivity index (χ3n) is 2.42. The maximum Gasteiger partial charge on any atom is 0.387 e. The van der Waals surface area contributed by atoms with Crippen LogP contribution >= 0.6 is 0 Å². The van der Waals surface area contributed by atoms with Gasteiger partial charge in [-0.3, -0.25) is 4.79 Å². The molecule has 0 aliphatic carbocycles. The Morgan fingerprint density at radius 1 is 1.10 bits per heavy atom. The number of ether oxygens (including phenoxy) is 1. The van der Waals surface area contributed by atoms with Crippen molar-refractivity contribution in [2.75, 3.05) is 5.32 Å². The van der Waals surface area contributed by atoms with Crippen LogP contribution in [0.5, 0.6) is 5.75 Å². The van der Waals surface area contributed by atoms with Crippen molar-refractivity contribution >= 4 is 11.6 Å². The first-order valence-corrected chi connectivity index (χ1v) is 5.66. The van der Waals surface area contributed by atoms with Crippen LogP contribution in [0, 0.1) is 5.82 Å². The van der Waals surface area contributed by atoms with E-state index < -0.39 is 18.3 Å². The molecule has 20 heavy (non-hydrogen) atoms. The number of alkyl halides is 2. The fourth-order valence-electron chi connectivity index (χ4n) is 1.56. The Morgan fingerprint density at radius 3 is 2.40 bits per heavy atom. The van der Waals surface area contributed by atoms with E-state index in [0.29, 0.717) is 5.69 Å². The molecule has 0 spiro atoms. The number of halogens is 3. The normalized spacial score (nSPS) is 10.4. The number of amides is 1. The van der Waals surface area contributed by atoms with Gasteiger partial charge < -0.3 is 10.1 Å². The first-order chi connectivity index (χ1) is 9.54. The standard InChI is InChI=1S/C14H10F3NO2/c15-10-2-1-3-11(8-10)18-13(19)9-4-6-12(7-5-9)20-14(16)17/h1-8,14H,(H,18,19). The van der Waals surface area contributed by atoms with Gasteiger partial charge in [0.25, 0.3) is 5.91 Å². The predicted octanol–water partition coefficient (Wildman–Crippen LogP) is 3.68. The van der Waals surface area contributed by atoms with Crippen LogP contribution < -0.4 is 10.1 Å². The van der Waals surface area contributed by atoms with Gasteiger partial charge in [-0.2, -0.15) is 8.78 Å². The molecule has 0 fully saturated rings. The van der Waals surface area contributed by atoms with Crippen molar-refractivity contribution in [3.05, 3.63) is 59.9 Å². The summed E-state index contributed by atoms with van der Waals surface area (Å²) in [4.78, 5) is 11.8. The fourth-order valence-corrected chi connectivity index (χ4v) is 1.56. The smallest absolute Gasteiger partial charge is 0.387 e. The average Bonchev–Trinajstić information content (AvgIpc) is 2.38. The van der Waals surface area contributed by atoms with Crippen LogP contribution in [0.1, 0.15) is 10.4 Å². The highest BCUT2D eigenvalue weighted by molar-refractivity contribution is 6.04. The van der Waals surface area contributed by atoms with E-state index in [9.17, 15) is 18.0 Å². The molecule has 0 aliphatic heterocycles. The van der Waals surface area contributed by atoms with Crippen molar-refractivity contribution < 1.29 is 22.7 Å². The molecule has 0 saturated carbocycles. The molecule has 1 amide bonds. The Bertz CT molecular complexity index is 600. The second-order valence-electron chi connectivity index (χ2n) is 3.87. The Kier molecular flexibility index (Phi) is 4.24. The SMILES string of the molecule is O=C(Nc1cccc(F)c1)c1ccc(OC(F)F)cc1. The molecule has 0 aliphatic rings. The highest BCUT2D eigenvalue weighted by Gasteiger charge is 2.08. The maximum atomic E-state index is 13.0. The minimum Gasteiger partial charge on any atom is -0.435 e. The zero-order valence-electron chi connectivity index (χ0n) is 10.1. The molecule has 0 bridgehead atoms. The summed E-state index contributed by atoms with van der Waals surface area (Å²) >= 11 is 0. The minimum absolute atomic E-state index is 0.0395. The molecule has 0 atom stereocenters. The van der Waals surface area contributed by atoms with Gasteiger partial charge in [0.2, 0.25) is 0 Å². The van der Waals surface area contributed by atoms with Crippen LogP contribution in [0.15, 0.2) is 48.5 Å². The van der Waals surface area contributed by atoms with Crippen molar-refractivity contribution in [1.29, 1.82) is 0 Å². The van der Waals surface area contributed by atoms with E-state index in [4.69, 9.17) is 0 Å². The first-order valence-electron chi connectivity index (χ1n) is 5.66. The number of carbonyl (C=O) groups is 1. The van der Waals surface area contributed by atoms with Gasteiger partial charge in [-0.1, -0.05) is 6.07 Å². The first kappa shape index (κ1) is 13.9. The van der Waals surface area contributed by atoms with Crippen molar-refractivity contribution in [3.63, 3.8) is 0 Å². The Hall–Kier alpha value is -2.50. The minimum atomic E-state index is -2.91. The van der Waals surface area contributed by atoms with E-state index in [1.165, 1.54) is 48.5 Å². The van der Waals surface area contributed by atoms with Gasteiger partial charge in [-0.15, -0.1) is 0 Å². The lowest BCUT2D eigenvalue weighted by Gasteiger charge is -2.07. The molecule has 0 radical (unpaired) electrons. The monoisotopic (exact) mass is 281 g/mol. The van der Waals surface area contributed by atoms with Crippen LogP contribution in [0.3, 0.4) is 0 Å². The van der Waals surface area contributed by atoms with E-state index in [2.05, 4.69) is 10.1 Å². The summed E-state index contributed by atoms with van der Waals surface area (Å²) < 4.78 is 41.1. The Labute approximate surface area is 113 Å². The van der Waals surface area contributed by atoms with Crippen LogP contribution in [-0.2, 0) is 0 Å². The fraction of sp³-hybridized carbons (Fsp3) is 0.0714. The van der Waals surface area contributed by atoms with Crippen LogP contribution in [-0.4, -0.2) is 12.5 Å². The van der Waals surface area contributed by atoms with Gasteiger partial charge >= 0.3 is 6.61 Å². The second kappa shape index (κ2) is 6.10. The van der Waals surface area contributed by atoms with Crippen molar-refractivity contribution in [3.8, 4) is 5.75 Å². The summed E-state index contributed by atoms with van der Waals surface area (Å²) in [5.41, 5.74) is 0.554. The summed E-state index contributed by atoms with van der Waals surface area (Å²) in [6.07, 6.45) is 0. The molecule has 0 unspecified atom stereocenters. The van der Waals surface area contributed by atoms with Gasteiger partial charge in [0.1, 0.15) is 11.6 Å². The average molecular weight is 281 g/mol. The zero-order chi connectivity index (χ0) is 14.5. The summed E-state index contributed by atoms with van der Waals surface area (Å²) in [5.74, 6) is -0.981. The maximum absolute atomic E-state index is 13.0. The largest absolute Gasteiger partial charge is 0.435 e. The van der Waals surface area contributed by atoms with Crippen LogP contribution in [0.25, 0.3) is 0 Å². The number of rotatable bonds is 4. The van der Waals surface area contributed by atoms with Gasteiger partial charge in [-0.05, 0) is 42.5 Å². The lowest BCUT2D eigenvalue weighted by atomic mass is 10.2. The predicted molar refractivity (Wildman–Crippen MR) is 67.4 cm³/mol. The number of nitrogens with one attached hydrogen (secondary N) is 1. The zero-order valence-corrected chi connectivity index (χ0v) is 10.1. The van der Waals surface area contributed by atoms with Crippen LogP contribution in [0.2, 0.25) is 0 Å². The number of hydrogen-bond acceptors (Lipinski definition) is 2. The Balaban J connectivity index is 2.06. The summed E-state index contributed by atoms with van der Waals surface area (Å²) in [7, 11) is 0. The van der Waals surface area contributed by atoms with E-state index in [0.717, 1.165) is 0 Å². The van der Waals surface area contributed by atoms with E-state index in [-0.39, 0.29) is 11.3 Å². The highest BCUT2D eigenvalue weighted by Crippen LogP contribution is 2.16. The van der Waals surface area contributed by atoms with Gasteiger partial charge in [0, 0.05) is 11.3 Å². The van der Waals surface area contributed by atoms with Crippen molar-refractivity contribution in [2.24, 2.45) is 0 Å². The van der Waals surface area contributed by atoms with Crippen molar-refractivity contribution in [1.82, 2.24) is 0 Å². The lowest BCUT2D eigenvalue weighted by Crippen LogP contribution is -2.12. The molecule has 104 valence electrons. The molecular formula is C14H10F3NO2. The number of hydrogen-bond donors (Lipinski definition) is 1. The van der Waals surface area contributed by atoms with Crippen molar-refractivity contribution in [2.45, 2.75) is 6.61 Å². The van der Waals surface area contributed by atoms with E-state index in [1.54, 1.807) is 0 Å². The summed E-state index contributed by atoms with van der Waals surface area (Å²) in [6.45, 7) is -2.91. The molecule has 0 aromatic heterocycles. The molecule has 1 N–H and O–H groups in total. The van der Waals surface area contributed by atoms with E-state index in [1.807, 2.05) is 0 Å². The topological polar surface area (TPSA) is 38.3 Å². The highest BCUT2D eigenvalue weighted by atomic mass is 19.3. The molecule has 2 aromatic carbocycles. The van der Waals surface area contributed by atoms with Gasteiger partial charge in [0.05, 0.1) is 0 Å². The van der Waals surface area contributed by atoms with Gasteiger partial charge in [-0.25, -0.2) is 4.39 Å². The quantitative estimate of drug-likeness (QED) is 0.928. The molecule has 2 aromatic rings. The molecular weight excluding hydrogens is 271 g/mol. The molecule has 6 heteroatoms. The van der Waals surface area contributed by atoms with Crippen LogP contribution in [0.4, 0.5) is 18.9 Å². The number of anilines is 1. The third kappa shape index (κ3) is 3.74. The number of benzene rings is 2. The lowest BCUT2D eigenvalue weighted by molar-refractivity contribution is -0.0498. The second-order valence-corrected chi connectivity index (χ2v) is 3.87. The summed E-state index contributed by atoms with van der Waals surface area (Å²) in [6, 6.07) is 10.6. The third-order valence-corrected chi connectivity index (χ3v) is 2.42. The summed E-state index contributed by atoms with van der Waals surface area (Å²) in [5, 5.41) is 2.49. The molecule has 0 heterocycles. The van der Waals surface area contributed by atoms with E-state index >= 15 is 0 Å². The number of carbonyl (C=O) groups excluding carboxylic acids is 1.